The van der Waals surface area contributed by atoms with Gasteiger partial charge in [0, 0.05) is 30.2 Å². The predicted molar refractivity (Wildman–Crippen MR) is 130 cm³/mol. The first kappa shape index (κ1) is 22.4. The van der Waals surface area contributed by atoms with Crippen LogP contribution in [0.25, 0.3) is 10.9 Å². The Bertz CT molecular complexity index is 1140. The number of guanidine groups is 1. The summed E-state index contributed by atoms with van der Waals surface area (Å²) in [5, 5.41) is 7.30. The maximum absolute atomic E-state index is 12.9. The summed E-state index contributed by atoms with van der Waals surface area (Å²) in [6.45, 7) is 2.47. The molecule has 0 saturated heterocycles. The van der Waals surface area contributed by atoms with Crippen LogP contribution in [0.5, 0.6) is 0 Å². The van der Waals surface area contributed by atoms with Gasteiger partial charge in [-0.3, -0.25) is 9.78 Å². The number of amides is 1. The van der Waals surface area contributed by atoms with Crippen LogP contribution < -0.4 is 22.1 Å². The van der Waals surface area contributed by atoms with Crippen LogP contribution in [0.2, 0.25) is 0 Å². The molecule has 172 valence electrons. The summed E-state index contributed by atoms with van der Waals surface area (Å²) >= 11 is 0. The van der Waals surface area contributed by atoms with Gasteiger partial charge in [0.15, 0.2) is 5.96 Å². The third kappa shape index (κ3) is 5.74. The molecule has 2 atom stereocenters. The van der Waals surface area contributed by atoms with Gasteiger partial charge in [-0.05, 0) is 44.0 Å². The lowest BCUT2D eigenvalue weighted by Gasteiger charge is -2.30. The standard InChI is InChI=1S/C24H30N8O/c1-15-9-10-18-17(14-15)21(30-19-7-2-3-8-20(19)31-24(25)26)32-22(29-18)23(33)28-13-11-16-6-4-5-12-27-16/h4-6,9-10,12,14,19-20H,2-3,7-8,11,13H2,1H3,(H,28,33)(H4,25,26,31)(H,29,30,32)/t19-,20+/m0/s1. The molecule has 1 fully saturated rings. The van der Waals surface area contributed by atoms with Crippen molar-refractivity contribution in [1.29, 1.82) is 0 Å². The Morgan fingerprint density at radius 2 is 2.00 bits per heavy atom. The molecule has 1 saturated carbocycles. The van der Waals surface area contributed by atoms with Gasteiger partial charge in [0.05, 0.1) is 17.6 Å². The van der Waals surface area contributed by atoms with Gasteiger partial charge in [-0.15, -0.1) is 0 Å². The van der Waals surface area contributed by atoms with Gasteiger partial charge >= 0.3 is 0 Å². The van der Waals surface area contributed by atoms with E-state index in [1.165, 1.54) is 0 Å². The number of nitrogens with two attached hydrogens (primary N) is 2. The number of rotatable bonds is 7. The highest BCUT2D eigenvalue weighted by Gasteiger charge is 2.26. The van der Waals surface area contributed by atoms with E-state index in [9.17, 15) is 4.79 Å². The summed E-state index contributed by atoms with van der Waals surface area (Å²) < 4.78 is 0. The Morgan fingerprint density at radius 1 is 1.15 bits per heavy atom. The Balaban J connectivity index is 1.57. The van der Waals surface area contributed by atoms with Gasteiger partial charge in [0.25, 0.3) is 5.91 Å². The number of carbonyl (C=O) groups is 1. The van der Waals surface area contributed by atoms with Crippen LogP contribution in [0.1, 0.15) is 47.6 Å². The summed E-state index contributed by atoms with van der Waals surface area (Å²) in [5.74, 6) is 0.524. The number of aliphatic imine (C=N–C) groups is 1. The maximum atomic E-state index is 12.9. The number of pyridine rings is 1. The molecular weight excluding hydrogens is 416 g/mol. The highest BCUT2D eigenvalue weighted by Crippen LogP contribution is 2.28. The van der Waals surface area contributed by atoms with E-state index < -0.39 is 0 Å². The smallest absolute Gasteiger partial charge is 0.289 e. The first-order chi connectivity index (χ1) is 16.0. The van der Waals surface area contributed by atoms with Crippen molar-refractivity contribution in [2.24, 2.45) is 16.5 Å². The number of nitrogens with one attached hydrogen (secondary N) is 2. The van der Waals surface area contributed by atoms with Crippen molar-refractivity contribution in [2.45, 2.75) is 51.1 Å². The van der Waals surface area contributed by atoms with E-state index in [1.54, 1.807) is 6.20 Å². The van der Waals surface area contributed by atoms with Crippen LogP contribution >= 0.6 is 0 Å². The zero-order valence-electron chi connectivity index (χ0n) is 18.8. The van der Waals surface area contributed by atoms with Crippen molar-refractivity contribution in [1.82, 2.24) is 20.3 Å². The number of anilines is 1. The van der Waals surface area contributed by atoms with E-state index in [0.717, 1.165) is 42.3 Å². The van der Waals surface area contributed by atoms with Gasteiger partial charge in [-0.2, -0.15) is 0 Å². The van der Waals surface area contributed by atoms with Crippen LogP contribution in [-0.2, 0) is 6.42 Å². The molecule has 6 N–H and O–H groups in total. The van der Waals surface area contributed by atoms with Crippen molar-refractivity contribution in [2.75, 3.05) is 11.9 Å². The van der Waals surface area contributed by atoms with Crippen LogP contribution in [0, 0.1) is 6.92 Å². The third-order valence-electron chi connectivity index (χ3n) is 5.81. The number of carbonyl (C=O) groups excluding carboxylic acids is 1. The molecule has 2 heterocycles. The lowest BCUT2D eigenvalue weighted by molar-refractivity contribution is 0.0944. The molecule has 0 radical (unpaired) electrons. The monoisotopic (exact) mass is 446 g/mol. The molecule has 1 amide bonds. The fourth-order valence-corrected chi connectivity index (χ4v) is 4.18. The van der Waals surface area contributed by atoms with E-state index >= 15 is 0 Å². The van der Waals surface area contributed by atoms with Crippen molar-refractivity contribution >= 4 is 28.6 Å². The Morgan fingerprint density at radius 3 is 2.79 bits per heavy atom. The number of hydrogen-bond acceptors (Lipinski definition) is 6. The van der Waals surface area contributed by atoms with Crippen molar-refractivity contribution in [3.8, 4) is 0 Å². The first-order valence-corrected chi connectivity index (χ1v) is 11.3. The molecule has 9 nitrogen and oxygen atoms in total. The molecule has 0 bridgehead atoms. The normalized spacial score (nSPS) is 18.0. The number of nitrogens with zero attached hydrogens (tertiary/aromatic N) is 4. The number of benzene rings is 1. The minimum atomic E-state index is -0.319. The molecule has 1 aliphatic carbocycles. The van der Waals surface area contributed by atoms with Crippen LogP contribution in [0.4, 0.5) is 5.82 Å². The largest absolute Gasteiger partial charge is 0.370 e. The Labute approximate surface area is 193 Å². The van der Waals surface area contributed by atoms with Crippen molar-refractivity contribution in [3.05, 3.63) is 59.7 Å². The molecule has 2 aromatic heterocycles. The zero-order valence-corrected chi connectivity index (χ0v) is 18.8. The van der Waals surface area contributed by atoms with E-state index in [-0.39, 0.29) is 29.8 Å². The summed E-state index contributed by atoms with van der Waals surface area (Å²) in [7, 11) is 0. The highest BCUT2D eigenvalue weighted by atomic mass is 16.2. The van der Waals surface area contributed by atoms with E-state index in [1.807, 2.05) is 43.3 Å². The second kappa shape index (κ2) is 10.2. The average molecular weight is 447 g/mol. The van der Waals surface area contributed by atoms with Gasteiger partial charge in [0.1, 0.15) is 5.82 Å². The highest BCUT2D eigenvalue weighted by molar-refractivity contribution is 5.96. The lowest BCUT2D eigenvalue weighted by atomic mass is 9.90. The van der Waals surface area contributed by atoms with Crippen LogP contribution in [-0.4, -0.2) is 45.4 Å². The quantitative estimate of drug-likeness (QED) is 0.322. The summed E-state index contributed by atoms with van der Waals surface area (Å²) in [6, 6.07) is 11.6. The number of aromatic nitrogens is 3. The SMILES string of the molecule is Cc1ccc2nc(C(=O)NCCc3ccccn3)nc(N[C@H]3CCCC[C@H]3N=C(N)N)c2c1. The molecule has 0 spiro atoms. The lowest BCUT2D eigenvalue weighted by Crippen LogP contribution is -2.38. The summed E-state index contributed by atoms with van der Waals surface area (Å²) in [6.07, 6.45) is 6.35. The summed E-state index contributed by atoms with van der Waals surface area (Å²) in [4.78, 5) is 30.7. The van der Waals surface area contributed by atoms with Crippen molar-refractivity contribution in [3.63, 3.8) is 0 Å². The first-order valence-electron chi connectivity index (χ1n) is 11.3. The second-order valence-corrected chi connectivity index (χ2v) is 8.40. The predicted octanol–water partition coefficient (Wildman–Crippen LogP) is 2.30. The second-order valence-electron chi connectivity index (χ2n) is 8.40. The molecule has 0 unspecified atom stereocenters. The minimum absolute atomic E-state index is 0.0273. The van der Waals surface area contributed by atoms with Crippen LogP contribution in [0.15, 0.2) is 47.6 Å². The fraction of sp³-hybridized carbons (Fsp3) is 0.375. The molecule has 33 heavy (non-hydrogen) atoms. The fourth-order valence-electron chi connectivity index (χ4n) is 4.18. The maximum Gasteiger partial charge on any atom is 0.289 e. The topological polar surface area (TPSA) is 144 Å². The molecule has 9 heteroatoms. The molecule has 3 aromatic rings. The number of hydrogen-bond donors (Lipinski definition) is 4. The molecular formula is C24H30N8O. The molecule has 1 aromatic carbocycles. The van der Waals surface area contributed by atoms with Gasteiger partial charge < -0.3 is 22.1 Å². The molecule has 1 aliphatic rings. The zero-order chi connectivity index (χ0) is 23.2. The number of fused-ring (bicyclic) bond motifs is 1. The van der Waals surface area contributed by atoms with Crippen LogP contribution in [0.3, 0.4) is 0 Å². The van der Waals surface area contributed by atoms with Gasteiger partial charge in [-0.1, -0.05) is 30.5 Å². The van der Waals surface area contributed by atoms with E-state index in [2.05, 4.69) is 30.6 Å². The van der Waals surface area contributed by atoms with Gasteiger partial charge in [-0.25, -0.2) is 15.0 Å². The van der Waals surface area contributed by atoms with Gasteiger partial charge in [0.2, 0.25) is 5.82 Å². The molecule has 0 aliphatic heterocycles. The van der Waals surface area contributed by atoms with E-state index in [4.69, 9.17) is 11.5 Å². The molecule has 4 rings (SSSR count). The third-order valence-corrected chi connectivity index (χ3v) is 5.81. The summed E-state index contributed by atoms with van der Waals surface area (Å²) in [5.41, 5.74) is 14.0. The average Bonchev–Trinajstić information content (AvgIpc) is 2.81. The Hall–Kier alpha value is -3.75. The van der Waals surface area contributed by atoms with Crippen molar-refractivity contribution < 1.29 is 4.79 Å². The number of aryl methyl sites for hydroxylation is 1. The minimum Gasteiger partial charge on any atom is -0.370 e. The van der Waals surface area contributed by atoms with E-state index in [0.29, 0.717) is 24.3 Å². The Kier molecular flexibility index (Phi) is 6.97.